The quantitative estimate of drug-likeness (QED) is 0.351. The Morgan fingerprint density at radius 1 is 1.00 bits per heavy atom. The van der Waals surface area contributed by atoms with Crippen molar-refractivity contribution in [2.24, 2.45) is 0 Å². The Hall–Kier alpha value is -4.25. The SMILES string of the molecule is O=C(O)Cn1cc(CNC(=O)COCCNC(=O)OCC2c3ccccc3-c3ccccc32)nn1. The number of hydrogen-bond acceptors (Lipinski definition) is 7. The Bertz CT molecular complexity index is 1160. The van der Waals surface area contributed by atoms with Gasteiger partial charge in [0.2, 0.25) is 5.91 Å². The highest BCUT2D eigenvalue weighted by Crippen LogP contribution is 2.44. The van der Waals surface area contributed by atoms with Crippen molar-refractivity contribution < 1.29 is 29.0 Å². The number of nitrogens with one attached hydrogen (secondary N) is 2. The molecule has 3 N–H and O–H groups in total. The zero-order valence-electron chi connectivity index (χ0n) is 18.8. The van der Waals surface area contributed by atoms with E-state index in [9.17, 15) is 14.4 Å². The average molecular weight is 479 g/mol. The van der Waals surface area contributed by atoms with E-state index in [0.29, 0.717) is 5.69 Å². The molecule has 0 aliphatic heterocycles. The molecule has 1 heterocycles. The van der Waals surface area contributed by atoms with E-state index in [1.54, 1.807) is 0 Å². The molecule has 0 fully saturated rings. The summed E-state index contributed by atoms with van der Waals surface area (Å²) in [5.41, 5.74) is 5.03. The molecule has 0 atom stereocenters. The van der Waals surface area contributed by atoms with Crippen LogP contribution in [0.3, 0.4) is 0 Å². The van der Waals surface area contributed by atoms with Crippen LogP contribution in [0, 0.1) is 0 Å². The molecule has 2 aromatic carbocycles. The number of carbonyl (C=O) groups excluding carboxylic acids is 2. The minimum absolute atomic E-state index is 0.0150. The molecule has 1 aromatic heterocycles. The number of nitrogens with zero attached hydrogens (tertiary/aromatic N) is 3. The summed E-state index contributed by atoms with van der Waals surface area (Å²) in [6.07, 6.45) is 0.887. The molecule has 35 heavy (non-hydrogen) atoms. The molecule has 0 saturated heterocycles. The number of aliphatic carboxylic acids is 1. The van der Waals surface area contributed by atoms with Crippen molar-refractivity contribution >= 4 is 18.0 Å². The van der Waals surface area contributed by atoms with Crippen molar-refractivity contribution in [2.75, 3.05) is 26.4 Å². The molecule has 0 unspecified atom stereocenters. The van der Waals surface area contributed by atoms with Gasteiger partial charge in [-0.3, -0.25) is 9.59 Å². The number of carboxylic acids is 1. The second kappa shape index (κ2) is 11.3. The highest BCUT2D eigenvalue weighted by Gasteiger charge is 2.28. The lowest BCUT2D eigenvalue weighted by atomic mass is 9.98. The average Bonchev–Trinajstić information content (AvgIpc) is 3.43. The largest absolute Gasteiger partial charge is 0.480 e. The van der Waals surface area contributed by atoms with Crippen LogP contribution in [0.25, 0.3) is 11.1 Å². The second-order valence-corrected chi connectivity index (χ2v) is 7.88. The van der Waals surface area contributed by atoms with Crippen LogP contribution in [0.15, 0.2) is 54.7 Å². The number of carboxylic acid groups (broad SMARTS) is 1. The molecule has 0 radical (unpaired) electrons. The van der Waals surface area contributed by atoms with Crippen molar-refractivity contribution in [1.82, 2.24) is 25.6 Å². The predicted molar refractivity (Wildman–Crippen MR) is 123 cm³/mol. The third-order valence-electron chi connectivity index (χ3n) is 5.44. The van der Waals surface area contributed by atoms with E-state index in [-0.39, 0.29) is 51.3 Å². The summed E-state index contributed by atoms with van der Waals surface area (Å²) in [6.45, 7) is 0.135. The molecule has 4 rings (SSSR count). The molecule has 0 spiro atoms. The first kappa shape index (κ1) is 23.9. The molecular weight excluding hydrogens is 454 g/mol. The number of rotatable bonds is 11. The monoisotopic (exact) mass is 479 g/mol. The third kappa shape index (κ3) is 6.21. The van der Waals surface area contributed by atoms with Gasteiger partial charge in [0.05, 0.1) is 19.3 Å². The minimum Gasteiger partial charge on any atom is -0.480 e. The third-order valence-corrected chi connectivity index (χ3v) is 5.44. The summed E-state index contributed by atoms with van der Waals surface area (Å²) in [5, 5.41) is 21.3. The van der Waals surface area contributed by atoms with Crippen molar-refractivity contribution in [3.05, 3.63) is 71.5 Å². The number of amides is 2. The summed E-state index contributed by atoms with van der Waals surface area (Å²) in [6, 6.07) is 16.2. The molecule has 0 saturated carbocycles. The van der Waals surface area contributed by atoms with Crippen LogP contribution in [0.5, 0.6) is 0 Å². The Kier molecular flexibility index (Phi) is 7.68. The van der Waals surface area contributed by atoms with E-state index in [4.69, 9.17) is 14.6 Å². The van der Waals surface area contributed by atoms with E-state index in [1.165, 1.54) is 6.20 Å². The maximum absolute atomic E-state index is 12.1. The highest BCUT2D eigenvalue weighted by molar-refractivity contribution is 5.79. The van der Waals surface area contributed by atoms with Gasteiger partial charge in [0.25, 0.3) is 0 Å². The van der Waals surface area contributed by atoms with Crippen molar-refractivity contribution in [3.63, 3.8) is 0 Å². The second-order valence-electron chi connectivity index (χ2n) is 7.88. The van der Waals surface area contributed by atoms with Gasteiger partial charge in [0.15, 0.2) is 0 Å². The smallest absolute Gasteiger partial charge is 0.407 e. The molecule has 11 heteroatoms. The molecule has 0 bridgehead atoms. The fourth-order valence-corrected chi connectivity index (χ4v) is 3.92. The normalized spacial score (nSPS) is 12.0. The zero-order valence-corrected chi connectivity index (χ0v) is 18.8. The molecular formula is C24H25N5O6. The molecule has 1 aliphatic rings. The first-order valence-electron chi connectivity index (χ1n) is 11.1. The summed E-state index contributed by atoms with van der Waals surface area (Å²) < 4.78 is 11.9. The van der Waals surface area contributed by atoms with Gasteiger partial charge in [0.1, 0.15) is 25.5 Å². The fourth-order valence-electron chi connectivity index (χ4n) is 3.92. The number of aromatic nitrogens is 3. The lowest BCUT2D eigenvalue weighted by molar-refractivity contribution is -0.138. The van der Waals surface area contributed by atoms with Gasteiger partial charge in [-0.25, -0.2) is 9.48 Å². The van der Waals surface area contributed by atoms with Crippen LogP contribution in [0.1, 0.15) is 22.7 Å². The summed E-state index contributed by atoms with van der Waals surface area (Å²) in [4.78, 5) is 34.6. The molecule has 1 aliphatic carbocycles. The van der Waals surface area contributed by atoms with Crippen LogP contribution < -0.4 is 10.6 Å². The Morgan fingerprint density at radius 2 is 1.69 bits per heavy atom. The van der Waals surface area contributed by atoms with Gasteiger partial charge in [-0.1, -0.05) is 53.7 Å². The van der Waals surface area contributed by atoms with E-state index in [0.717, 1.165) is 26.9 Å². The molecule has 3 aromatic rings. The van der Waals surface area contributed by atoms with Crippen LogP contribution in [0.4, 0.5) is 4.79 Å². The van der Waals surface area contributed by atoms with E-state index in [2.05, 4.69) is 45.2 Å². The molecule has 182 valence electrons. The summed E-state index contributed by atoms with van der Waals surface area (Å²) in [5.74, 6) is -1.43. The Balaban J connectivity index is 1.12. The minimum atomic E-state index is -1.04. The van der Waals surface area contributed by atoms with Gasteiger partial charge in [-0.05, 0) is 22.3 Å². The van der Waals surface area contributed by atoms with Crippen LogP contribution >= 0.6 is 0 Å². The summed E-state index contributed by atoms with van der Waals surface area (Å²) >= 11 is 0. The van der Waals surface area contributed by atoms with Crippen molar-refractivity contribution in [2.45, 2.75) is 19.0 Å². The predicted octanol–water partition coefficient (Wildman–Crippen LogP) is 1.53. The number of fused-ring (bicyclic) bond motifs is 3. The van der Waals surface area contributed by atoms with Crippen molar-refractivity contribution in [3.8, 4) is 11.1 Å². The standard InChI is InChI=1S/C24H25N5O6/c30-22(26-11-16-12-29(28-27-16)13-23(31)32)15-34-10-9-25-24(33)35-14-21-19-7-3-1-5-17(19)18-6-2-4-8-20(18)21/h1-8,12,21H,9-11,13-15H2,(H,25,33)(H,26,30)(H,31,32). The zero-order chi connectivity index (χ0) is 24.6. The Labute approximate surface area is 201 Å². The maximum Gasteiger partial charge on any atom is 0.407 e. The van der Waals surface area contributed by atoms with E-state index in [1.807, 2.05) is 24.3 Å². The number of benzene rings is 2. The summed E-state index contributed by atoms with van der Waals surface area (Å²) in [7, 11) is 0. The number of hydrogen-bond donors (Lipinski definition) is 3. The van der Waals surface area contributed by atoms with Crippen LogP contribution in [-0.2, 0) is 32.2 Å². The highest BCUT2D eigenvalue weighted by atomic mass is 16.5. The number of alkyl carbamates (subject to hydrolysis) is 1. The Morgan fingerprint density at radius 3 is 2.37 bits per heavy atom. The molecule has 2 amide bonds. The van der Waals surface area contributed by atoms with Crippen LogP contribution in [-0.4, -0.2) is 64.4 Å². The molecule has 11 nitrogen and oxygen atoms in total. The lowest BCUT2D eigenvalue weighted by Gasteiger charge is -2.14. The first-order valence-corrected chi connectivity index (χ1v) is 11.1. The van der Waals surface area contributed by atoms with Gasteiger partial charge in [0, 0.05) is 12.5 Å². The van der Waals surface area contributed by atoms with Gasteiger partial charge < -0.3 is 25.2 Å². The lowest BCUT2D eigenvalue weighted by Crippen LogP contribution is -2.31. The van der Waals surface area contributed by atoms with Crippen molar-refractivity contribution in [1.29, 1.82) is 0 Å². The number of carbonyl (C=O) groups is 3. The fraction of sp³-hybridized carbons (Fsp3) is 0.292. The van der Waals surface area contributed by atoms with Gasteiger partial charge in [-0.2, -0.15) is 0 Å². The van der Waals surface area contributed by atoms with Gasteiger partial charge in [-0.15, -0.1) is 5.10 Å². The van der Waals surface area contributed by atoms with Gasteiger partial charge >= 0.3 is 12.1 Å². The first-order chi connectivity index (χ1) is 17.0. The topological polar surface area (TPSA) is 145 Å². The maximum atomic E-state index is 12.1. The van der Waals surface area contributed by atoms with Crippen LogP contribution in [0.2, 0.25) is 0 Å². The number of ether oxygens (including phenoxy) is 2. The van der Waals surface area contributed by atoms with E-state index >= 15 is 0 Å². The van der Waals surface area contributed by atoms with E-state index < -0.39 is 12.1 Å².